The van der Waals surface area contributed by atoms with Gasteiger partial charge in [-0.05, 0) is 6.07 Å². The molecule has 86 valence electrons. The fourth-order valence-electron chi connectivity index (χ4n) is 1.40. The van der Waals surface area contributed by atoms with Gasteiger partial charge >= 0.3 is 0 Å². The zero-order chi connectivity index (χ0) is 12.4. The first-order chi connectivity index (χ1) is 8.19. The van der Waals surface area contributed by atoms with E-state index in [9.17, 15) is 8.78 Å². The normalized spacial score (nSPS) is 10.0. The van der Waals surface area contributed by atoms with E-state index >= 15 is 0 Å². The molecular formula is C10H6F2N4O. The van der Waals surface area contributed by atoms with Crippen LogP contribution in [0.15, 0.2) is 18.7 Å². The molecule has 0 aliphatic rings. The lowest BCUT2D eigenvalue weighted by atomic mass is 10.1. The van der Waals surface area contributed by atoms with Crippen molar-refractivity contribution in [2.24, 2.45) is 0 Å². The van der Waals surface area contributed by atoms with Crippen molar-refractivity contribution in [3.05, 3.63) is 35.9 Å². The Kier molecular flexibility index (Phi) is 2.70. The Morgan fingerprint density at radius 3 is 2.76 bits per heavy atom. The second-order valence-electron chi connectivity index (χ2n) is 3.05. The Labute approximate surface area is 94.9 Å². The number of rotatable bonds is 2. The monoisotopic (exact) mass is 236 g/mol. The molecular weight excluding hydrogens is 230 g/mol. The summed E-state index contributed by atoms with van der Waals surface area (Å²) in [6.07, 6.45) is 2.38. The van der Waals surface area contributed by atoms with E-state index in [-0.39, 0.29) is 11.4 Å². The SMILES string of the molecule is COc1c(F)c(C#N)cc(F)c1-n1cncn1. The van der Waals surface area contributed by atoms with E-state index in [2.05, 4.69) is 10.1 Å². The van der Waals surface area contributed by atoms with E-state index in [1.165, 1.54) is 19.8 Å². The molecule has 0 unspecified atom stereocenters. The number of aromatic nitrogens is 3. The van der Waals surface area contributed by atoms with Gasteiger partial charge in [0.2, 0.25) is 0 Å². The van der Waals surface area contributed by atoms with Crippen molar-refractivity contribution in [3.63, 3.8) is 0 Å². The molecule has 1 heterocycles. The lowest BCUT2D eigenvalue weighted by Gasteiger charge is -2.10. The zero-order valence-corrected chi connectivity index (χ0v) is 8.69. The summed E-state index contributed by atoms with van der Waals surface area (Å²) in [6, 6.07) is 2.33. The molecule has 0 aliphatic carbocycles. The molecule has 0 bridgehead atoms. The van der Waals surface area contributed by atoms with Crippen molar-refractivity contribution >= 4 is 0 Å². The highest BCUT2D eigenvalue weighted by atomic mass is 19.1. The minimum Gasteiger partial charge on any atom is -0.491 e. The first kappa shape index (κ1) is 11.0. The molecule has 0 fully saturated rings. The molecule has 2 aromatic rings. The first-order valence-electron chi connectivity index (χ1n) is 4.50. The maximum absolute atomic E-state index is 13.7. The van der Waals surface area contributed by atoms with Gasteiger partial charge in [0, 0.05) is 0 Å². The maximum Gasteiger partial charge on any atom is 0.185 e. The van der Waals surface area contributed by atoms with Gasteiger partial charge in [0.15, 0.2) is 17.4 Å². The third kappa shape index (κ3) is 1.69. The molecule has 1 aromatic carbocycles. The van der Waals surface area contributed by atoms with E-state index < -0.39 is 17.2 Å². The van der Waals surface area contributed by atoms with Crippen molar-refractivity contribution in [3.8, 4) is 17.5 Å². The predicted octanol–water partition coefficient (Wildman–Crippen LogP) is 1.43. The quantitative estimate of drug-likeness (QED) is 0.791. The lowest BCUT2D eigenvalue weighted by Crippen LogP contribution is -2.05. The summed E-state index contributed by atoms with van der Waals surface area (Å²) in [5, 5.41) is 12.3. The van der Waals surface area contributed by atoms with Crippen LogP contribution in [0, 0.1) is 23.0 Å². The van der Waals surface area contributed by atoms with Gasteiger partial charge in [-0.25, -0.2) is 18.4 Å². The van der Waals surface area contributed by atoms with Gasteiger partial charge in [-0.15, -0.1) is 0 Å². The van der Waals surface area contributed by atoms with Crippen molar-refractivity contribution < 1.29 is 13.5 Å². The van der Waals surface area contributed by atoms with E-state index in [0.29, 0.717) is 0 Å². The van der Waals surface area contributed by atoms with Crippen LogP contribution in [0.25, 0.3) is 5.69 Å². The third-order valence-corrected chi connectivity index (χ3v) is 2.12. The van der Waals surface area contributed by atoms with E-state index in [1.54, 1.807) is 6.07 Å². The topological polar surface area (TPSA) is 63.7 Å². The van der Waals surface area contributed by atoms with Gasteiger partial charge in [0.25, 0.3) is 0 Å². The standard InChI is InChI=1S/C10H6F2N4O/c1-17-10-8(12)6(3-13)2-7(11)9(10)16-5-14-4-15-16/h2,4-5H,1H3. The van der Waals surface area contributed by atoms with Crippen LogP contribution < -0.4 is 4.74 Å². The first-order valence-corrected chi connectivity index (χ1v) is 4.50. The van der Waals surface area contributed by atoms with Crippen molar-refractivity contribution in [1.82, 2.24) is 14.8 Å². The van der Waals surface area contributed by atoms with Crippen molar-refractivity contribution in [2.45, 2.75) is 0 Å². The largest absolute Gasteiger partial charge is 0.491 e. The molecule has 0 amide bonds. The molecule has 5 nitrogen and oxygen atoms in total. The number of halogens is 2. The van der Waals surface area contributed by atoms with E-state index in [1.807, 2.05) is 0 Å². The molecule has 17 heavy (non-hydrogen) atoms. The summed E-state index contributed by atoms with van der Waals surface area (Å²) in [7, 11) is 1.18. The summed E-state index contributed by atoms with van der Waals surface area (Å²) >= 11 is 0. The Hall–Kier alpha value is -2.49. The highest BCUT2D eigenvalue weighted by Crippen LogP contribution is 2.30. The second-order valence-corrected chi connectivity index (χ2v) is 3.05. The van der Waals surface area contributed by atoms with Crippen LogP contribution >= 0.6 is 0 Å². The number of nitriles is 1. The molecule has 0 spiro atoms. The second kappa shape index (κ2) is 4.17. The number of hydrogen-bond acceptors (Lipinski definition) is 4. The molecule has 7 heteroatoms. The van der Waals surface area contributed by atoms with Crippen LogP contribution in [0.1, 0.15) is 5.56 Å². The van der Waals surface area contributed by atoms with Gasteiger partial charge in [0.05, 0.1) is 12.7 Å². The molecule has 2 rings (SSSR count). The summed E-state index contributed by atoms with van der Waals surface area (Å²) in [6.45, 7) is 0. The summed E-state index contributed by atoms with van der Waals surface area (Å²) in [5.74, 6) is -2.13. The Morgan fingerprint density at radius 2 is 2.24 bits per heavy atom. The predicted molar refractivity (Wildman–Crippen MR) is 52.5 cm³/mol. The van der Waals surface area contributed by atoms with Crippen LogP contribution in [0.5, 0.6) is 5.75 Å². The highest BCUT2D eigenvalue weighted by molar-refractivity contribution is 5.53. The maximum atomic E-state index is 13.7. The number of ether oxygens (including phenoxy) is 1. The molecule has 0 radical (unpaired) electrons. The van der Waals surface area contributed by atoms with E-state index in [0.717, 1.165) is 10.7 Å². The summed E-state index contributed by atoms with van der Waals surface area (Å²) < 4.78 is 33.3. The van der Waals surface area contributed by atoms with Gasteiger partial charge < -0.3 is 4.74 Å². The molecule has 0 aliphatic heterocycles. The van der Waals surface area contributed by atoms with Crippen molar-refractivity contribution in [2.75, 3.05) is 7.11 Å². The fourth-order valence-corrected chi connectivity index (χ4v) is 1.40. The zero-order valence-electron chi connectivity index (χ0n) is 8.69. The van der Waals surface area contributed by atoms with Crippen LogP contribution in [0.4, 0.5) is 8.78 Å². The summed E-state index contributed by atoms with van der Waals surface area (Å²) in [5.41, 5.74) is -0.648. The van der Waals surface area contributed by atoms with Crippen molar-refractivity contribution in [1.29, 1.82) is 5.26 Å². The highest BCUT2D eigenvalue weighted by Gasteiger charge is 2.21. The molecule has 1 aromatic heterocycles. The fraction of sp³-hybridized carbons (Fsp3) is 0.100. The van der Waals surface area contributed by atoms with Gasteiger partial charge in [-0.2, -0.15) is 10.4 Å². The number of methoxy groups -OCH3 is 1. The Bertz CT molecular complexity index is 589. The van der Waals surface area contributed by atoms with Gasteiger partial charge in [-0.1, -0.05) is 0 Å². The van der Waals surface area contributed by atoms with Gasteiger partial charge in [-0.3, -0.25) is 0 Å². The van der Waals surface area contributed by atoms with Crippen LogP contribution in [-0.4, -0.2) is 21.9 Å². The minimum absolute atomic E-state index is 0.221. The molecule has 0 N–H and O–H groups in total. The number of hydrogen-bond donors (Lipinski definition) is 0. The average molecular weight is 236 g/mol. The summed E-state index contributed by atoms with van der Waals surface area (Å²) in [4.78, 5) is 3.63. The number of nitrogens with zero attached hydrogens (tertiary/aromatic N) is 4. The van der Waals surface area contributed by atoms with Crippen LogP contribution in [0.3, 0.4) is 0 Å². The lowest BCUT2D eigenvalue weighted by molar-refractivity contribution is 0.378. The minimum atomic E-state index is -0.929. The smallest absolute Gasteiger partial charge is 0.185 e. The third-order valence-electron chi connectivity index (χ3n) is 2.12. The molecule has 0 atom stereocenters. The van der Waals surface area contributed by atoms with Crippen LogP contribution in [-0.2, 0) is 0 Å². The Morgan fingerprint density at radius 1 is 1.47 bits per heavy atom. The molecule has 0 saturated heterocycles. The van der Waals surface area contributed by atoms with Crippen LogP contribution in [0.2, 0.25) is 0 Å². The number of benzene rings is 1. The van der Waals surface area contributed by atoms with Gasteiger partial charge in [0.1, 0.15) is 24.4 Å². The Balaban J connectivity index is 2.76. The average Bonchev–Trinajstić information content (AvgIpc) is 2.84. The van der Waals surface area contributed by atoms with E-state index in [4.69, 9.17) is 10.00 Å². The molecule has 0 saturated carbocycles.